The molecule has 0 spiro atoms. The van der Waals surface area contributed by atoms with E-state index in [2.05, 4.69) is 13.8 Å². The number of hydrogen-bond donors (Lipinski definition) is 0. The van der Waals surface area contributed by atoms with Crippen LogP contribution in [-0.2, 0) is 18.9 Å². The average molecular weight is 230 g/mol. The molecule has 0 radical (unpaired) electrons. The normalized spacial score (nSPS) is 37.9. The zero-order valence-corrected chi connectivity index (χ0v) is 10.2. The molecule has 0 saturated carbocycles. The zero-order chi connectivity index (χ0) is 11.4. The molecule has 0 aromatic heterocycles. The third-order valence-corrected chi connectivity index (χ3v) is 3.42. The predicted octanol–water partition coefficient (Wildman–Crippen LogP) is 1.78. The maximum Gasteiger partial charge on any atom is 0.162 e. The quantitative estimate of drug-likeness (QED) is 0.625. The molecule has 94 valence electrons. The van der Waals surface area contributed by atoms with Crippen LogP contribution < -0.4 is 0 Å². The Morgan fingerprint density at radius 3 is 1.56 bits per heavy atom. The van der Waals surface area contributed by atoms with Crippen LogP contribution in [0.25, 0.3) is 0 Å². The van der Waals surface area contributed by atoms with E-state index < -0.39 is 0 Å². The van der Waals surface area contributed by atoms with E-state index in [0.717, 1.165) is 26.1 Å². The Morgan fingerprint density at radius 2 is 1.31 bits per heavy atom. The van der Waals surface area contributed by atoms with Gasteiger partial charge < -0.3 is 18.9 Å². The van der Waals surface area contributed by atoms with Crippen molar-refractivity contribution in [3.63, 3.8) is 0 Å². The summed E-state index contributed by atoms with van der Waals surface area (Å²) in [7, 11) is 0. The highest BCUT2D eigenvalue weighted by molar-refractivity contribution is 4.71. The van der Waals surface area contributed by atoms with E-state index in [0.29, 0.717) is 25.0 Å². The summed E-state index contributed by atoms with van der Waals surface area (Å²) < 4.78 is 21.8. The molecule has 0 bridgehead atoms. The van der Waals surface area contributed by atoms with Crippen molar-refractivity contribution < 1.29 is 18.9 Å². The summed E-state index contributed by atoms with van der Waals surface area (Å²) >= 11 is 0. The van der Waals surface area contributed by atoms with E-state index in [1.54, 1.807) is 0 Å². The first kappa shape index (κ1) is 12.3. The minimum Gasteiger partial charge on any atom is -0.352 e. The Kier molecular flexibility index (Phi) is 4.58. The fourth-order valence-electron chi connectivity index (χ4n) is 1.94. The first-order valence-corrected chi connectivity index (χ1v) is 6.31. The van der Waals surface area contributed by atoms with Crippen LogP contribution in [0.5, 0.6) is 0 Å². The lowest BCUT2D eigenvalue weighted by atomic mass is 10.0. The van der Waals surface area contributed by atoms with Gasteiger partial charge in [0.1, 0.15) is 0 Å². The SMILES string of the molecule is CCC1COC1OCCOC1OCC1CC. The van der Waals surface area contributed by atoms with Gasteiger partial charge >= 0.3 is 0 Å². The Labute approximate surface area is 97.2 Å². The van der Waals surface area contributed by atoms with Crippen LogP contribution in [0.2, 0.25) is 0 Å². The van der Waals surface area contributed by atoms with Gasteiger partial charge in [-0.1, -0.05) is 13.8 Å². The van der Waals surface area contributed by atoms with Gasteiger partial charge in [0.15, 0.2) is 12.6 Å². The molecule has 2 aliphatic rings. The molecule has 0 N–H and O–H groups in total. The molecule has 2 fully saturated rings. The van der Waals surface area contributed by atoms with E-state index in [4.69, 9.17) is 18.9 Å². The third-order valence-electron chi connectivity index (χ3n) is 3.42. The minimum absolute atomic E-state index is 0.00196. The lowest BCUT2D eigenvalue weighted by Crippen LogP contribution is -2.43. The van der Waals surface area contributed by atoms with Gasteiger partial charge in [0.05, 0.1) is 26.4 Å². The lowest BCUT2D eigenvalue weighted by Gasteiger charge is -2.37. The molecule has 0 aliphatic carbocycles. The Morgan fingerprint density at radius 1 is 0.875 bits per heavy atom. The van der Waals surface area contributed by atoms with Gasteiger partial charge in [-0.05, 0) is 12.8 Å². The van der Waals surface area contributed by atoms with Crippen LogP contribution in [0, 0.1) is 11.8 Å². The van der Waals surface area contributed by atoms with Crippen LogP contribution in [0.4, 0.5) is 0 Å². The van der Waals surface area contributed by atoms with Gasteiger partial charge in [0.25, 0.3) is 0 Å². The molecule has 2 saturated heterocycles. The maximum absolute atomic E-state index is 5.57. The van der Waals surface area contributed by atoms with Crippen molar-refractivity contribution in [2.24, 2.45) is 11.8 Å². The summed E-state index contributed by atoms with van der Waals surface area (Å²) in [5.74, 6) is 1.15. The lowest BCUT2D eigenvalue weighted by molar-refractivity contribution is -0.285. The van der Waals surface area contributed by atoms with E-state index in [1.807, 2.05) is 0 Å². The summed E-state index contributed by atoms with van der Waals surface area (Å²) in [6.07, 6.45) is 2.24. The van der Waals surface area contributed by atoms with Crippen molar-refractivity contribution >= 4 is 0 Å². The van der Waals surface area contributed by atoms with Gasteiger partial charge in [0.2, 0.25) is 0 Å². The predicted molar refractivity (Wildman–Crippen MR) is 58.9 cm³/mol. The summed E-state index contributed by atoms with van der Waals surface area (Å²) in [5.41, 5.74) is 0. The van der Waals surface area contributed by atoms with Gasteiger partial charge in [-0.3, -0.25) is 0 Å². The minimum atomic E-state index is -0.00196. The highest BCUT2D eigenvalue weighted by Crippen LogP contribution is 2.25. The summed E-state index contributed by atoms with van der Waals surface area (Å²) in [6.45, 7) is 7.19. The molecule has 16 heavy (non-hydrogen) atoms. The molecular weight excluding hydrogens is 208 g/mol. The van der Waals surface area contributed by atoms with E-state index in [9.17, 15) is 0 Å². The Hall–Kier alpha value is -0.160. The fraction of sp³-hybridized carbons (Fsp3) is 1.00. The average Bonchev–Trinajstić information content (AvgIpc) is 2.21. The second kappa shape index (κ2) is 5.96. The van der Waals surface area contributed by atoms with E-state index >= 15 is 0 Å². The molecule has 4 heteroatoms. The van der Waals surface area contributed by atoms with Crippen molar-refractivity contribution in [2.75, 3.05) is 26.4 Å². The van der Waals surface area contributed by atoms with Crippen molar-refractivity contribution in [2.45, 2.75) is 39.3 Å². The second-order valence-electron chi connectivity index (χ2n) is 4.48. The van der Waals surface area contributed by atoms with Crippen LogP contribution in [-0.4, -0.2) is 39.0 Å². The molecular formula is C12H22O4. The number of rotatable bonds is 7. The number of ether oxygens (including phenoxy) is 4. The molecule has 2 heterocycles. The topological polar surface area (TPSA) is 36.9 Å². The number of hydrogen-bond acceptors (Lipinski definition) is 4. The first-order chi connectivity index (χ1) is 7.85. The molecule has 4 unspecified atom stereocenters. The zero-order valence-electron chi connectivity index (χ0n) is 10.2. The fourth-order valence-corrected chi connectivity index (χ4v) is 1.94. The molecule has 2 aliphatic heterocycles. The van der Waals surface area contributed by atoms with Crippen molar-refractivity contribution in [1.82, 2.24) is 0 Å². The molecule has 2 rings (SSSR count). The molecule has 4 atom stereocenters. The molecule has 4 nitrogen and oxygen atoms in total. The van der Waals surface area contributed by atoms with E-state index in [1.165, 1.54) is 0 Å². The summed E-state index contributed by atoms with van der Waals surface area (Å²) in [5, 5.41) is 0. The van der Waals surface area contributed by atoms with Crippen molar-refractivity contribution in [1.29, 1.82) is 0 Å². The standard InChI is InChI=1S/C12H22O4/c1-3-9-7-15-11(9)13-5-6-14-12-10(4-2)8-16-12/h9-12H,3-8H2,1-2H3. The Bertz CT molecular complexity index is 183. The van der Waals surface area contributed by atoms with Crippen LogP contribution in [0.3, 0.4) is 0 Å². The summed E-state index contributed by atoms with van der Waals surface area (Å²) in [4.78, 5) is 0. The molecule has 0 aromatic carbocycles. The van der Waals surface area contributed by atoms with Crippen molar-refractivity contribution in [3.8, 4) is 0 Å². The van der Waals surface area contributed by atoms with Crippen LogP contribution in [0.15, 0.2) is 0 Å². The van der Waals surface area contributed by atoms with Crippen LogP contribution in [0.1, 0.15) is 26.7 Å². The van der Waals surface area contributed by atoms with Gasteiger partial charge in [-0.15, -0.1) is 0 Å². The third kappa shape index (κ3) is 2.74. The highest BCUT2D eigenvalue weighted by atomic mass is 16.7. The molecule has 0 amide bonds. The summed E-state index contributed by atoms with van der Waals surface area (Å²) in [6, 6.07) is 0. The largest absolute Gasteiger partial charge is 0.352 e. The van der Waals surface area contributed by atoms with Crippen molar-refractivity contribution in [3.05, 3.63) is 0 Å². The monoisotopic (exact) mass is 230 g/mol. The first-order valence-electron chi connectivity index (χ1n) is 6.31. The second-order valence-corrected chi connectivity index (χ2v) is 4.48. The highest BCUT2D eigenvalue weighted by Gasteiger charge is 2.33. The van der Waals surface area contributed by atoms with Gasteiger partial charge in [-0.25, -0.2) is 0 Å². The van der Waals surface area contributed by atoms with Gasteiger partial charge in [0, 0.05) is 11.8 Å². The smallest absolute Gasteiger partial charge is 0.162 e. The maximum atomic E-state index is 5.57. The van der Waals surface area contributed by atoms with Crippen LogP contribution >= 0.6 is 0 Å². The molecule has 0 aromatic rings. The van der Waals surface area contributed by atoms with E-state index in [-0.39, 0.29) is 12.6 Å². The van der Waals surface area contributed by atoms with Gasteiger partial charge in [-0.2, -0.15) is 0 Å². The Balaban J connectivity index is 1.49.